The molecule has 0 unspecified atom stereocenters. The predicted octanol–water partition coefficient (Wildman–Crippen LogP) is 1.44. The van der Waals surface area contributed by atoms with Crippen LogP contribution in [0.1, 0.15) is 32.6 Å². The molecule has 5 heteroatoms. The fourth-order valence-corrected chi connectivity index (χ4v) is 3.16. The van der Waals surface area contributed by atoms with E-state index in [1.54, 1.807) is 0 Å². The molecule has 1 aliphatic carbocycles. The van der Waals surface area contributed by atoms with Gasteiger partial charge in [0.2, 0.25) is 5.91 Å². The lowest BCUT2D eigenvalue weighted by molar-refractivity contribution is -0.142. The van der Waals surface area contributed by atoms with Gasteiger partial charge in [0.1, 0.15) is 0 Å². The van der Waals surface area contributed by atoms with Gasteiger partial charge < -0.3 is 9.64 Å². The molecule has 118 valence electrons. The van der Waals surface area contributed by atoms with Crippen molar-refractivity contribution >= 4 is 11.9 Å². The lowest BCUT2D eigenvalue weighted by Crippen LogP contribution is -2.54. The first-order valence-corrected chi connectivity index (χ1v) is 7.85. The van der Waals surface area contributed by atoms with Gasteiger partial charge in [-0.2, -0.15) is 0 Å². The maximum Gasteiger partial charge on any atom is 0.306 e. The number of hydrogen-bond acceptors (Lipinski definition) is 4. The van der Waals surface area contributed by atoms with Crippen molar-refractivity contribution in [2.75, 3.05) is 33.3 Å². The zero-order valence-corrected chi connectivity index (χ0v) is 13.1. The van der Waals surface area contributed by atoms with E-state index in [4.69, 9.17) is 0 Å². The number of carbonyl (C=O) groups is 2. The number of hydrogen-bond donors (Lipinski definition) is 0. The number of piperazine rings is 1. The van der Waals surface area contributed by atoms with E-state index in [0.29, 0.717) is 25.3 Å². The van der Waals surface area contributed by atoms with Gasteiger partial charge in [-0.15, -0.1) is 0 Å². The molecule has 0 spiro atoms. The van der Waals surface area contributed by atoms with Crippen molar-refractivity contribution in [2.24, 2.45) is 5.92 Å². The van der Waals surface area contributed by atoms with E-state index in [-0.39, 0.29) is 17.9 Å². The van der Waals surface area contributed by atoms with E-state index in [2.05, 4.69) is 28.7 Å². The van der Waals surface area contributed by atoms with Gasteiger partial charge in [0.05, 0.1) is 13.5 Å². The Morgan fingerprint density at radius 2 is 2.14 bits per heavy atom. The van der Waals surface area contributed by atoms with Crippen LogP contribution in [-0.4, -0.2) is 61.0 Å². The van der Waals surface area contributed by atoms with Crippen molar-refractivity contribution in [1.82, 2.24) is 9.80 Å². The van der Waals surface area contributed by atoms with E-state index >= 15 is 0 Å². The van der Waals surface area contributed by atoms with Crippen LogP contribution in [0.4, 0.5) is 0 Å². The summed E-state index contributed by atoms with van der Waals surface area (Å²) < 4.78 is 4.67. The zero-order chi connectivity index (χ0) is 15.2. The molecule has 1 heterocycles. The second-order valence-electron chi connectivity index (χ2n) is 6.03. The van der Waals surface area contributed by atoms with E-state index in [9.17, 15) is 9.59 Å². The Bertz CT molecular complexity index is 408. The Morgan fingerprint density at radius 3 is 2.76 bits per heavy atom. The van der Waals surface area contributed by atoms with Gasteiger partial charge >= 0.3 is 5.97 Å². The smallest absolute Gasteiger partial charge is 0.306 e. The van der Waals surface area contributed by atoms with Crippen LogP contribution < -0.4 is 0 Å². The quantitative estimate of drug-likeness (QED) is 0.569. The average Bonchev–Trinajstić information content (AvgIpc) is 2.97. The summed E-state index contributed by atoms with van der Waals surface area (Å²) >= 11 is 0. The van der Waals surface area contributed by atoms with E-state index < -0.39 is 0 Å². The molecule has 0 aromatic carbocycles. The molecule has 2 aliphatic rings. The molecular formula is C16H26N2O3. The topological polar surface area (TPSA) is 49.9 Å². The van der Waals surface area contributed by atoms with E-state index in [0.717, 1.165) is 32.5 Å². The van der Waals surface area contributed by atoms with Gasteiger partial charge in [0, 0.05) is 38.6 Å². The monoisotopic (exact) mass is 294 g/mol. The summed E-state index contributed by atoms with van der Waals surface area (Å²) in [6.45, 7) is 5.24. The van der Waals surface area contributed by atoms with Gasteiger partial charge in [-0.3, -0.25) is 14.5 Å². The standard InChI is InChI=1S/C16H26N2O3/c1-13-12-17(8-7-16(20)21-2)9-10-18(13)15(19)11-14-5-3-4-6-14/h3,5,13-14H,4,6-12H2,1-2H3/t13-,14-/m0/s1. The summed E-state index contributed by atoms with van der Waals surface area (Å²) in [6, 6.07) is 0.217. The first kappa shape index (κ1) is 16.0. The molecule has 0 aromatic heterocycles. The van der Waals surface area contributed by atoms with Gasteiger partial charge in [0.25, 0.3) is 0 Å². The van der Waals surface area contributed by atoms with Gasteiger partial charge in [-0.1, -0.05) is 12.2 Å². The molecule has 0 radical (unpaired) electrons. The van der Waals surface area contributed by atoms with Crippen molar-refractivity contribution in [3.63, 3.8) is 0 Å². The maximum absolute atomic E-state index is 12.4. The summed E-state index contributed by atoms with van der Waals surface area (Å²) in [5.41, 5.74) is 0. The maximum atomic E-state index is 12.4. The van der Waals surface area contributed by atoms with E-state index in [1.165, 1.54) is 7.11 Å². The largest absolute Gasteiger partial charge is 0.469 e. The summed E-state index contributed by atoms with van der Waals surface area (Å²) in [6.07, 6.45) is 7.63. The Balaban J connectivity index is 1.76. The average molecular weight is 294 g/mol. The fraction of sp³-hybridized carbons (Fsp3) is 0.750. The van der Waals surface area contributed by atoms with Crippen molar-refractivity contribution in [2.45, 2.75) is 38.6 Å². The highest BCUT2D eigenvalue weighted by atomic mass is 16.5. The predicted molar refractivity (Wildman–Crippen MR) is 80.7 cm³/mol. The number of esters is 1. The molecule has 0 saturated carbocycles. The minimum atomic E-state index is -0.172. The van der Waals surface area contributed by atoms with Gasteiger partial charge in [0.15, 0.2) is 0 Å². The molecule has 2 atom stereocenters. The molecule has 0 N–H and O–H groups in total. The third-order valence-electron chi connectivity index (χ3n) is 4.44. The Kier molecular flexibility index (Phi) is 5.79. The van der Waals surface area contributed by atoms with Crippen LogP contribution in [0.15, 0.2) is 12.2 Å². The summed E-state index contributed by atoms with van der Waals surface area (Å²) in [4.78, 5) is 27.8. The molecule has 0 aromatic rings. The molecule has 1 fully saturated rings. The fourth-order valence-electron chi connectivity index (χ4n) is 3.16. The van der Waals surface area contributed by atoms with E-state index in [1.807, 2.05) is 4.90 Å². The molecule has 5 nitrogen and oxygen atoms in total. The lowest BCUT2D eigenvalue weighted by Gasteiger charge is -2.40. The van der Waals surface area contributed by atoms with Crippen molar-refractivity contribution in [1.29, 1.82) is 0 Å². The summed E-state index contributed by atoms with van der Waals surface area (Å²) in [5, 5.41) is 0. The molecule has 1 amide bonds. The second-order valence-corrected chi connectivity index (χ2v) is 6.03. The molecule has 1 saturated heterocycles. The zero-order valence-electron chi connectivity index (χ0n) is 13.1. The molecule has 21 heavy (non-hydrogen) atoms. The van der Waals surface area contributed by atoms with Crippen molar-refractivity contribution in [3.05, 3.63) is 12.2 Å². The third kappa shape index (κ3) is 4.56. The summed E-state index contributed by atoms with van der Waals surface area (Å²) in [5.74, 6) is 0.530. The van der Waals surface area contributed by atoms with Crippen LogP contribution in [0.3, 0.4) is 0 Å². The third-order valence-corrected chi connectivity index (χ3v) is 4.44. The van der Waals surface area contributed by atoms with Crippen LogP contribution in [0, 0.1) is 5.92 Å². The number of ether oxygens (including phenoxy) is 1. The first-order chi connectivity index (χ1) is 10.1. The minimum absolute atomic E-state index is 0.172. The Labute approximate surface area is 126 Å². The van der Waals surface area contributed by atoms with Crippen LogP contribution in [-0.2, 0) is 14.3 Å². The second kappa shape index (κ2) is 7.59. The van der Waals surface area contributed by atoms with Crippen molar-refractivity contribution < 1.29 is 14.3 Å². The first-order valence-electron chi connectivity index (χ1n) is 7.85. The van der Waals surface area contributed by atoms with Crippen LogP contribution in [0.2, 0.25) is 0 Å². The lowest BCUT2D eigenvalue weighted by atomic mass is 10.0. The number of methoxy groups -OCH3 is 1. The van der Waals surface area contributed by atoms with Crippen molar-refractivity contribution in [3.8, 4) is 0 Å². The number of allylic oxidation sites excluding steroid dienone is 2. The molecule has 2 rings (SSSR count). The highest BCUT2D eigenvalue weighted by Gasteiger charge is 2.28. The number of carbonyl (C=O) groups excluding carboxylic acids is 2. The highest BCUT2D eigenvalue weighted by molar-refractivity contribution is 5.77. The van der Waals surface area contributed by atoms with Gasteiger partial charge in [-0.25, -0.2) is 0 Å². The Morgan fingerprint density at radius 1 is 1.33 bits per heavy atom. The van der Waals surface area contributed by atoms with Crippen LogP contribution in [0.5, 0.6) is 0 Å². The molecule has 0 bridgehead atoms. The SMILES string of the molecule is COC(=O)CCN1CCN(C(=O)C[C@H]2C=CCC2)[C@@H](C)C1. The Hall–Kier alpha value is -1.36. The summed E-state index contributed by atoms with van der Waals surface area (Å²) in [7, 11) is 1.42. The normalized spacial score (nSPS) is 26.1. The minimum Gasteiger partial charge on any atom is -0.469 e. The molecular weight excluding hydrogens is 268 g/mol. The number of nitrogens with zero attached hydrogens (tertiary/aromatic N) is 2. The van der Waals surface area contributed by atoms with Crippen LogP contribution in [0.25, 0.3) is 0 Å². The van der Waals surface area contributed by atoms with Crippen LogP contribution >= 0.6 is 0 Å². The number of amides is 1. The highest BCUT2D eigenvalue weighted by Crippen LogP contribution is 2.22. The molecule has 1 aliphatic heterocycles. The number of rotatable bonds is 5. The van der Waals surface area contributed by atoms with Gasteiger partial charge in [-0.05, 0) is 25.7 Å².